The van der Waals surface area contributed by atoms with E-state index in [1.165, 1.54) is 47.4 Å². The first kappa shape index (κ1) is 29.1. The van der Waals surface area contributed by atoms with Crippen LogP contribution in [0.3, 0.4) is 0 Å². The lowest BCUT2D eigenvalue weighted by Gasteiger charge is -2.15. The van der Waals surface area contributed by atoms with Crippen molar-refractivity contribution in [2.24, 2.45) is 0 Å². The molecule has 0 bridgehead atoms. The van der Waals surface area contributed by atoms with Gasteiger partial charge in [-0.15, -0.1) is 21.5 Å². The van der Waals surface area contributed by atoms with Gasteiger partial charge in [0.05, 0.1) is 40.8 Å². The monoisotopic (exact) mass is 610 g/mol. The third-order valence-electron chi connectivity index (χ3n) is 7.40. The Labute approximate surface area is 256 Å². The van der Waals surface area contributed by atoms with Gasteiger partial charge in [0.1, 0.15) is 5.82 Å². The molecule has 2 aromatic carbocycles. The number of carbonyl (C=O) groups excluding carboxylic acids is 3. The minimum Gasteiger partial charge on any atom is -0.462 e. The van der Waals surface area contributed by atoms with Crippen molar-refractivity contribution >= 4 is 29.0 Å². The van der Waals surface area contributed by atoms with Crippen molar-refractivity contribution in [3.05, 3.63) is 111 Å². The number of carbonyl (C=O) groups is 3. The van der Waals surface area contributed by atoms with E-state index < -0.39 is 11.8 Å². The van der Waals surface area contributed by atoms with Gasteiger partial charge in [-0.25, -0.2) is 9.18 Å². The molecule has 0 unspecified atom stereocenters. The molecule has 0 aliphatic heterocycles. The summed E-state index contributed by atoms with van der Waals surface area (Å²) in [4.78, 5) is 45.3. The fraction of sp³-hybridized carbons (Fsp3) is 0.212. The fourth-order valence-corrected chi connectivity index (χ4v) is 6.33. The average Bonchev–Trinajstić information content (AvgIpc) is 3.78. The number of Topliss-reactive ketones (excluding diaryl/α,β-unsaturated/α-hetero) is 1. The summed E-state index contributed by atoms with van der Waals surface area (Å²) in [5.74, 6) is -1.33. The lowest BCUT2D eigenvalue weighted by molar-refractivity contribution is 0.0526. The molecule has 0 saturated carbocycles. The molecule has 3 aromatic heterocycles. The fourth-order valence-electron chi connectivity index (χ4n) is 5.35. The van der Waals surface area contributed by atoms with Gasteiger partial charge in [0.2, 0.25) is 11.8 Å². The Balaban J connectivity index is 1.42. The minimum atomic E-state index is -0.633. The highest BCUT2D eigenvalue weighted by molar-refractivity contribution is 7.17. The van der Waals surface area contributed by atoms with Crippen LogP contribution in [0.5, 0.6) is 0 Å². The van der Waals surface area contributed by atoms with Gasteiger partial charge in [0, 0.05) is 29.1 Å². The third kappa shape index (κ3) is 5.78. The quantitative estimate of drug-likeness (QED) is 0.152. The van der Waals surface area contributed by atoms with Crippen LogP contribution in [0.1, 0.15) is 72.5 Å². The van der Waals surface area contributed by atoms with Crippen LogP contribution >= 0.6 is 11.3 Å². The summed E-state index contributed by atoms with van der Waals surface area (Å²) in [5, 5.41) is 11.3. The number of esters is 1. The number of benzene rings is 2. The van der Waals surface area contributed by atoms with Crippen LogP contribution in [0.25, 0.3) is 21.9 Å². The maximum atomic E-state index is 13.5. The van der Waals surface area contributed by atoms with E-state index in [9.17, 15) is 18.8 Å². The summed E-state index contributed by atoms with van der Waals surface area (Å²) in [6.45, 7) is 3.44. The number of amides is 1. The number of aryl methyl sites for hydroxylation is 2. The minimum absolute atomic E-state index is 0.0556. The van der Waals surface area contributed by atoms with Crippen molar-refractivity contribution in [2.45, 2.75) is 39.2 Å². The normalized spacial score (nSPS) is 13.8. The molecular formula is C33H27FN4O5S. The highest BCUT2D eigenvalue weighted by atomic mass is 32.1. The zero-order chi connectivity index (χ0) is 30.8. The molecular weight excluding hydrogens is 583 g/mol. The molecule has 44 heavy (non-hydrogen) atoms. The predicted molar refractivity (Wildman–Crippen MR) is 161 cm³/mol. The number of fused-ring (bicyclic) bond motifs is 1. The summed E-state index contributed by atoms with van der Waals surface area (Å²) in [5.41, 5.74) is 3.66. The van der Waals surface area contributed by atoms with Crippen molar-refractivity contribution in [1.82, 2.24) is 20.5 Å². The number of thiophene rings is 1. The summed E-state index contributed by atoms with van der Waals surface area (Å²) in [6, 6.07) is 16.6. The van der Waals surface area contributed by atoms with Gasteiger partial charge in [0.15, 0.2) is 5.78 Å². The lowest BCUT2D eigenvalue weighted by Crippen LogP contribution is -2.26. The Kier molecular flexibility index (Phi) is 8.12. The van der Waals surface area contributed by atoms with Crippen LogP contribution in [-0.4, -0.2) is 39.4 Å². The molecule has 11 heteroatoms. The van der Waals surface area contributed by atoms with Crippen molar-refractivity contribution in [1.29, 1.82) is 0 Å². The van der Waals surface area contributed by atoms with Gasteiger partial charge in [0.25, 0.3) is 5.91 Å². The number of rotatable bonds is 9. The summed E-state index contributed by atoms with van der Waals surface area (Å²) in [7, 11) is 0. The molecule has 0 saturated heterocycles. The molecule has 0 radical (unpaired) electrons. The number of pyridine rings is 1. The van der Waals surface area contributed by atoms with Crippen LogP contribution in [0, 0.1) is 12.7 Å². The largest absolute Gasteiger partial charge is 0.462 e. The van der Waals surface area contributed by atoms with E-state index in [4.69, 9.17) is 9.15 Å². The molecule has 1 atom stereocenters. The highest BCUT2D eigenvalue weighted by Crippen LogP contribution is 2.41. The number of nitrogens with one attached hydrogen (secondary N) is 1. The maximum Gasteiger partial charge on any atom is 0.340 e. The van der Waals surface area contributed by atoms with Crippen LogP contribution < -0.4 is 5.32 Å². The second-order valence-electron chi connectivity index (χ2n) is 10.2. The van der Waals surface area contributed by atoms with Crippen LogP contribution in [-0.2, 0) is 17.6 Å². The van der Waals surface area contributed by atoms with Gasteiger partial charge in [-0.3, -0.25) is 14.6 Å². The highest BCUT2D eigenvalue weighted by Gasteiger charge is 2.29. The van der Waals surface area contributed by atoms with Crippen molar-refractivity contribution in [3.8, 4) is 21.9 Å². The molecule has 1 amide bonds. The van der Waals surface area contributed by atoms with Gasteiger partial charge in [-0.1, -0.05) is 24.3 Å². The van der Waals surface area contributed by atoms with Gasteiger partial charge >= 0.3 is 5.97 Å². The summed E-state index contributed by atoms with van der Waals surface area (Å²) >= 11 is 1.19. The van der Waals surface area contributed by atoms with Gasteiger partial charge in [-0.2, -0.15) is 0 Å². The van der Waals surface area contributed by atoms with E-state index in [0.717, 1.165) is 18.4 Å². The van der Waals surface area contributed by atoms with E-state index >= 15 is 0 Å². The van der Waals surface area contributed by atoms with E-state index in [0.29, 0.717) is 20.9 Å². The van der Waals surface area contributed by atoms with E-state index in [1.807, 2.05) is 18.2 Å². The zero-order valence-corrected chi connectivity index (χ0v) is 24.7. The SMILES string of the molecule is CCOC(=O)c1cnc(CC(=O)c2ccc(F)cc2)c(-c2nnc(C)o2)c1-c1ccc(C(=O)N[C@@H]2CCc3ccccc32)s1. The van der Waals surface area contributed by atoms with Crippen molar-refractivity contribution < 1.29 is 27.9 Å². The topological polar surface area (TPSA) is 124 Å². The van der Waals surface area contributed by atoms with Crippen molar-refractivity contribution in [3.63, 3.8) is 0 Å². The van der Waals surface area contributed by atoms with Crippen LogP contribution in [0.4, 0.5) is 4.39 Å². The molecule has 0 fully saturated rings. The summed E-state index contributed by atoms with van der Waals surface area (Å²) < 4.78 is 24.6. The number of halogens is 1. The van der Waals surface area contributed by atoms with Crippen LogP contribution in [0.15, 0.2) is 71.3 Å². The Morgan fingerprint density at radius 3 is 2.59 bits per heavy atom. The lowest BCUT2D eigenvalue weighted by atomic mass is 9.95. The molecule has 9 nitrogen and oxygen atoms in total. The third-order valence-corrected chi connectivity index (χ3v) is 8.50. The first-order chi connectivity index (χ1) is 21.3. The molecule has 6 rings (SSSR count). The molecule has 1 aliphatic rings. The molecule has 1 aliphatic carbocycles. The zero-order valence-electron chi connectivity index (χ0n) is 23.9. The molecule has 222 valence electrons. The average molecular weight is 611 g/mol. The van der Waals surface area contributed by atoms with E-state index in [2.05, 4.69) is 26.6 Å². The molecule has 3 heterocycles. The number of ether oxygens (including phenoxy) is 1. The molecule has 0 spiro atoms. The number of nitrogens with zero attached hydrogens (tertiary/aromatic N) is 3. The smallest absolute Gasteiger partial charge is 0.340 e. The number of hydrogen-bond donors (Lipinski definition) is 1. The Morgan fingerprint density at radius 1 is 1.05 bits per heavy atom. The van der Waals surface area contributed by atoms with E-state index in [1.54, 1.807) is 26.0 Å². The van der Waals surface area contributed by atoms with Gasteiger partial charge in [-0.05, 0) is 67.3 Å². The first-order valence-corrected chi connectivity index (χ1v) is 14.9. The Bertz CT molecular complexity index is 1880. The Hall–Kier alpha value is -5.03. The summed E-state index contributed by atoms with van der Waals surface area (Å²) in [6.07, 6.45) is 2.86. The second kappa shape index (κ2) is 12.3. The number of ketones is 1. The molecule has 1 N–H and O–H groups in total. The standard InChI is InChI=1S/C33H27FN4O5S/c1-3-42-33(41)23-17-35-25(16-26(39)20-8-11-21(34)12-9-20)30(32-38-37-18(2)43-32)29(23)27-14-15-28(44-27)31(40)36-24-13-10-19-6-4-5-7-22(19)24/h4-9,11-12,14-15,17,24H,3,10,13,16H2,1-2H3,(H,36,40)/t24-/m1/s1. The maximum absolute atomic E-state index is 13.5. The van der Waals surface area contributed by atoms with Crippen molar-refractivity contribution in [2.75, 3.05) is 6.61 Å². The first-order valence-electron chi connectivity index (χ1n) is 14.1. The number of hydrogen-bond acceptors (Lipinski definition) is 9. The predicted octanol–water partition coefficient (Wildman–Crippen LogP) is 6.33. The van der Waals surface area contributed by atoms with Crippen LogP contribution in [0.2, 0.25) is 0 Å². The Morgan fingerprint density at radius 2 is 1.84 bits per heavy atom. The van der Waals surface area contributed by atoms with Gasteiger partial charge < -0.3 is 14.5 Å². The second-order valence-corrected chi connectivity index (χ2v) is 11.3. The molecule has 5 aromatic rings. The number of aromatic nitrogens is 3. The van der Waals surface area contributed by atoms with E-state index in [-0.39, 0.29) is 59.4 Å².